The lowest BCUT2D eigenvalue weighted by molar-refractivity contribution is -0.140. The SMILES string of the molecule is O=C(O)CN1C(=O)/C(=C2/C(=O)Nc3ccc(F)cc32)SC1=S. The summed E-state index contributed by atoms with van der Waals surface area (Å²) in [4.78, 5) is 36.1. The van der Waals surface area contributed by atoms with Crippen molar-refractivity contribution >= 4 is 57.3 Å². The topological polar surface area (TPSA) is 86.7 Å². The lowest BCUT2D eigenvalue weighted by Gasteiger charge is -2.10. The van der Waals surface area contributed by atoms with E-state index in [0.29, 0.717) is 5.69 Å². The maximum atomic E-state index is 13.4. The number of carboxylic acid groups (broad SMARTS) is 1. The van der Waals surface area contributed by atoms with E-state index in [1.54, 1.807) is 0 Å². The quantitative estimate of drug-likeness (QED) is 0.627. The molecule has 9 heteroatoms. The summed E-state index contributed by atoms with van der Waals surface area (Å²) in [7, 11) is 0. The van der Waals surface area contributed by atoms with E-state index in [2.05, 4.69) is 5.32 Å². The monoisotopic (exact) mass is 338 g/mol. The number of carboxylic acids is 1. The standard InChI is InChI=1S/C13H7FN2O4S2/c14-5-1-2-7-6(3-5)9(11(19)15-7)10-12(20)16(4-8(17)18)13(21)22-10/h1-3H,4H2,(H,15,19)(H,17,18)/b10-9-. The van der Waals surface area contributed by atoms with Crippen molar-refractivity contribution in [3.63, 3.8) is 0 Å². The van der Waals surface area contributed by atoms with Crippen molar-refractivity contribution in [1.29, 1.82) is 0 Å². The Labute approximate surface area is 133 Å². The van der Waals surface area contributed by atoms with Gasteiger partial charge in [-0.15, -0.1) is 0 Å². The molecule has 2 amide bonds. The Bertz CT molecular complexity index is 790. The van der Waals surface area contributed by atoms with Crippen molar-refractivity contribution in [1.82, 2.24) is 4.90 Å². The summed E-state index contributed by atoms with van der Waals surface area (Å²) >= 11 is 5.81. The number of halogens is 1. The predicted molar refractivity (Wildman–Crippen MR) is 81.5 cm³/mol. The fourth-order valence-corrected chi connectivity index (χ4v) is 3.52. The number of nitrogens with zero attached hydrogens (tertiary/aromatic N) is 1. The molecular formula is C13H7FN2O4S2. The molecule has 3 rings (SSSR count). The van der Waals surface area contributed by atoms with Crippen LogP contribution in [-0.2, 0) is 14.4 Å². The molecule has 1 aromatic carbocycles. The van der Waals surface area contributed by atoms with Crippen molar-refractivity contribution < 1.29 is 23.9 Å². The summed E-state index contributed by atoms with van der Waals surface area (Å²) in [5, 5.41) is 11.3. The van der Waals surface area contributed by atoms with Gasteiger partial charge in [-0.2, -0.15) is 0 Å². The molecule has 0 aromatic heterocycles. The number of thiocarbonyl (C=S) groups is 1. The maximum Gasteiger partial charge on any atom is 0.323 e. The minimum absolute atomic E-state index is 0.00750. The number of rotatable bonds is 2. The van der Waals surface area contributed by atoms with E-state index >= 15 is 0 Å². The van der Waals surface area contributed by atoms with E-state index in [9.17, 15) is 18.8 Å². The van der Waals surface area contributed by atoms with Gasteiger partial charge in [0.2, 0.25) is 0 Å². The highest BCUT2D eigenvalue weighted by Crippen LogP contribution is 2.42. The molecule has 0 unspecified atom stereocenters. The zero-order valence-corrected chi connectivity index (χ0v) is 12.4. The van der Waals surface area contributed by atoms with E-state index in [1.165, 1.54) is 12.1 Å². The van der Waals surface area contributed by atoms with Gasteiger partial charge in [-0.05, 0) is 18.2 Å². The highest BCUT2D eigenvalue weighted by atomic mass is 32.2. The summed E-state index contributed by atoms with van der Waals surface area (Å²) in [6.07, 6.45) is 0. The third-order valence-corrected chi connectivity index (χ3v) is 4.54. The minimum Gasteiger partial charge on any atom is -0.480 e. The number of carbonyl (C=O) groups excluding carboxylic acids is 2. The van der Waals surface area contributed by atoms with Gasteiger partial charge in [0.1, 0.15) is 16.7 Å². The smallest absolute Gasteiger partial charge is 0.323 e. The Hall–Kier alpha value is -2.26. The Kier molecular flexibility index (Phi) is 3.45. The van der Waals surface area contributed by atoms with Gasteiger partial charge in [-0.25, -0.2) is 4.39 Å². The average Bonchev–Trinajstić information content (AvgIpc) is 2.88. The molecule has 0 bridgehead atoms. The molecule has 0 radical (unpaired) electrons. The van der Waals surface area contributed by atoms with Gasteiger partial charge in [-0.1, -0.05) is 24.0 Å². The van der Waals surface area contributed by atoms with Crippen LogP contribution in [0.15, 0.2) is 23.1 Å². The number of aliphatic carboxylic acids is 1. The van der Waals surface area contributed by atoms with Crippen LogP contribution in [0.25, 0.3) is 5.57 Å². The van der Waals surface area contributed by atoms with Crippen molar-refractivity contribution in [3.8, 4) is 0 Å². The van der Waals surface area contributed by atoms with Gasteiger partial charge in [0, 0.05) is 11.3 Å². The lowest BCUT2D eigenvalue weighted by Crippen LogP contribution is -2.33. The molecule has 0 aliphatic carbocycles. The van der Waals surface area contributed by atoms with Crippen molar-refractivity contribution in [2.24, 2.45) is 0 Å². The molecule has 0 spiro atoms. The van der Waals surface area contributed by atoms with E-state index in [0.717, 1.165) is 22.7 Å². The zero-order chi connectivity index (χ0) is 16.0. The Morgan fingerprint density at radius 1 is 1.41 bits per heavy atom. The van der Waals surface area contributed by atoms with Crippen LogP contribution in [0.2, 0.25) is 0 Å². The average molecular weight is 338 g/mol. The van der Waals surface area contributed by atoms with E-state index in [1.807, 2.05) is 0 Å². The summed E-state index contributed by atoms with van der Waals surface area (Å²) in [5.41, 5.74) is 0.672. The molecular weight excluding hydrogens is 331 g/mol. The number of fused-ring (bicyclic) bond motifs is 1. The largest absolute Gasteiger partial charge is 0.480 e. The van der Waals surface area contributed by atoms with Gasteiger partial charge in [0.05, 0.1) is 10.5 Å². The number of amides is 2. The van der Waals surface area contributed by atoms with Gasteiger partial charge in [0.25, 0.3) is 11.8 Å². The molecule has 22 heavy (non-hydrogen) atoms. The van der Waals surface area contributed by atoms with Crippen molar-refractivity contribution in [2.45, 2.75) is 0 Å². The van der Waals surface area contributed by atoms with Gasteiger partial charge >= 0.3 is 5.97 Å². The van der Waals surface area contributed by atoms with Gasteiger partial charge in [-0.3, -0.25) is 19.3 Å². The predicted octanol–water partition coefficient (Wildman–Crippen LogP) is 1.43. The molecule has 112 valence electrons. The number of thioether (sulfide) groups is 1. The molecule has 2 aliphatic heterocycles. The normalized spacial score (nSPS) is 20.4. The van der Waals surface area contributed by atoms with Gasteiger partial charge < -0.3 is 10.4 Å². The first-order valence-electron chi connectivity index (χ1n) is 5.99. The van der Waals surface area contributed by atoms with E-state index in [-0.39, 0.29) is 20.4 Å². The lowest BCUT2D eigenvalue weighted by atomic mass is 10.1. The first-order valence-corrected chi connectivity index (χ1v) is 7.22. The third kappa shape index (κ3) is 2.28. The van der Waals surface area contributed by atoms with Crippen LogP contribution in [0, 0.1) is 5.82 Å². The van der Waals surface area contributed by atoms with Crippen LogP contribution >= 0.6 is 24.0 Å². The van der Waals surface area contributed by atoms with E-state index < -0.39 is 30.1 Å². The van der Waals surface area contributed by atoms with Crippen molar-refractivity contribution in [3.05, 3.63) is 34.5 Å². The second-order valence-corrected chi connectivity index (χ2v) is 6.15. The van der Waals surface area contributed by atoms with Crippen LogP contribution < -0.4 is 5.32 Å². The number of anilines is 1. The van der Waals surface area contributed by atoms with Crippen molar-refractivity contribution in [2.75, 3.05) is 11.9 Å². The summed E-state index contributed by atoms with van der Waals surface area (Å²) in [6, 6.07) is 3.73. The Morgan fingerprint density at radius 2 is 2.14 bits per heavy atom. The summed E-state index contributed by atoms with van der Waals surface area (Å²) < 4.78 is 13.5. The molecule has 6 nitrogen and oxygen atoms in total. The highest BCUT2D eigenvalue weighted by Gasteiger charge is 2.40. The minimum atomic E-state index is -1.22. The second-order valence-electron chi connectivity index (χ2n) is 4.50. The number of hydrogen-bond acceptors (Lipinski definition) is 5. The van der Waals surface area contributed by atoms with E-state index in [4.69, 9.17) is 17.3 Å². The fourth-order valence-electron chi connectivity index (χ4n) is 2.19. The first-order chi connectivity index (χ1) is 10.4. The molecule has 0 saturated carbocycles. The number of nitrogens with one attached hydrogen (secondary N) is 1. The van der Waals surface area contributed by atoms with Crippen LogP contribution in [0.1, 0.15) is 5.56 Å². The fraction of sp³-hybridized carbons (Fsp3) is 0.0769. The van der Waals surface area contributed by atoms with Crippen LogP contribution in [0.5, 0.6) is 0 Å². The van der Waals surface area contributed by atoms with Crippen LogP contribution in [0.4, 0.5) is 10.1 Å². The molecule has 1 saturated heterocycles. The third-order valence-electron chi connectivity index (χ3n) is 3.10. The Morgan fingerprint density at radius 3 is 2.82 bits per heavy atom. The maximum absolute atomic E-state index is 13.4. The molecule has 2 heterocycles. The zero-order valence-electron chi connectivity index (χ0n) is 10.8. The van der Waals surface area contributed by atoms with Gasteiger partial charge in [0.15, 0.2) is 0 Å². The van der Waals surface area contributed by atoms with Crippen LogP contribution in [0.3, 0.4) is 0 Å². The highest BCUT2D eigenvalue weighted by molar-refractivity contribution is 8.26. The first kappa shape index (κ1) is 14.7. The molecule has 2 N–H and O–H groups in total. The molecule has 2 aliphatic rings. The summed E-state index contributed by atoms with van der Waals surface area (Å²) in [6.45, 7) is -0.584. The molecule has 1 aromatic rings. The second kappa shape index (κ2) is 5.18. The molecule has 0 atom stereocenters. The Balaban J connectivity index is 2.10. The van der Waals surface area contributed by atoms with Crippen LogP contribution in [-0.4, -0.2) is 38.7 Å². The summed E-state index contributed by atoms with van der Waals surface area (Å²) in [5.74, 6) is -2.98. The number of benzene rings is 1. The number of carbonyl (C=O) groups is 3. The number of hydrogen-bond donors (Lipinski definition) is 2. The molecule has 1 fully saturated rings.